The van der Waals surface area contributed by atoms with Gasteiger partial charge in [-0.2, -0.15) is 0 Å². The van der Waals surface area contributed by atoms with Crippen LogP contribution < -0.4 is 0 Å². The van der Waals surface area contributed by atoms with Crippen LogP contribution in [0.4, 0.5) is 0 Å². The van der Waals surface area contributed by atoms with Gasteiger partial charge < -0.3 is 10.2 Å². The Morgan fingerprint density at radius 3 is 1.00 bits per heavy atom. The Kier molecular flexibility index (Phi) is 2.10. The van der Waals surface area contributed by atoms with Crippen molar-refractivity contribution in [1.82, 2.24) is 0 Å². The van der Waals surface area contributed by atoms with E-state index in [1.54, 1.807) is 0 Å². The first-order chi connectivity index (χ1) is 5.57. The van der Waals surface area contributed by atoms with Gasteiger partial charge in [-0.05, 0) is 16.2 Å². The Hall–Kier alpha value is -0.0800. The molecule has 0 aromatic heterocycles. The highest BCUT2D eigenvalue weighted by Crippen LogP contribution is 2.61. The second-order valence-electron chi connectivity index (χ2n) is 5.96. The Morgan fingerprint density at radius 1 is 0.692 bits per heavy atom. The average Bonchev–Trinajstić information content (AvgIpc) is 2.05. The topological polar surface area (TPSA) is 40.5 Å². The third kappa shape index (κ3) is 1.02. The molecule has 0 amide bonds. The second-order valence-corrected chi connectivity index (χ2v) is 5.96. The lowest BCUT2D eigenvalue weighted by Crippen LogP contribution is -2.40. The molecule has 0 spiro atoms. The van der Waals surface area contributed by atoms with E-state index >= 15 is 0 Å². The summed E-state index contributed by atoms with van der Waals surface area (Å²) in [4.78, 5) is 0. The van der Waals surface area contributed by atoms with Crippen molar-refractivity contribution in [2.75, 3.05) is 0 Å². The molecule has 2 atom stereocenters. The van der Waals surface area contributed by atoms with Crippen LogP contribution in [0.1, 0.15) is 41.5 Å². The van der Waals surface area contributed by atoms with Crippen LogP contribution in [0.2, 0.25) is 0 Å². The summed E-state index contributed by atoms with van der Waals surface area (Å²) in [6, 6.07) is 0. The first-order valence-electron chi connectivity index (χ1n) is 4.93. The zero-order valence-electron chi connectivity index (χ0n) is 9.55. The second kappa shape index (κ2) is 2.48. The number of hydrogen-bond acceptors (Lipinski definition) is 2. The highest BCUT2D eigenvalue weighted by Gasteiger charge is 2.63. The van der Waals surface area contributed by atoms with Crippen LogP contribution in [0.5, 0.6) is 0 Å². The van der Waals surface area contributed by atoms with Crippen LogP contribution in [0.25, 0.3) is 0 Å². The van der Waals surface area contributed by atoms with Gasteiger partial charge in [0, 0.05) is 0 Å². The third-order valence-electron chi connectivity index (χ3n) is 5.00. The summed E-state index contributed by atoms with van der Waals surface area (Å²) in [5.41, 5.74) is -0.551. The lowest BCUT2D eigenvalue weighted by Gasteiger charge is -2.44. The molecule has 0 aliphatic heterocycles. The Balaban J connectivity index is 3.23. The molecule has 1 aliphatic carbocycles. The predicted molar refractivity (Wildman–Crippen MR) is 53.4 cm³/mol. The fourth-order valence-electron chi connectivity index (χ4n) is 2.36. The van der Waals surface area contributed by atoms with E-state index in [9.17, 15) is 10.2 Å². The van der Waals surface area contributed by atoms with Gasteiger partial charge in [-0.1, -0.05) is 41.5 Å². The molecule has 2 N–H and O–H groups in total. The predicted octanol–water partition coefficient (Wildman–Crippen LogP) is 1.80. The van der Waals surface area contributed by atoms with Crippen molar-refractivity contribution in [2.24, 2.45) is 16.2 Å². The molecule has 1 fully saturated rings. The van der Waals surface area contributed by atoms with Gasteiger partial charge in [0.1, 0.15) is 0 Å². The smallest absolute Gasteiger partial charge is 0.0860 e. The molecule has 13 heavy (non-hydrogen) atoms. The van der Waals surface area contributed by atoms with E-state index < -0.39 is 12.2 Å². The molecule has 0 bridgehead atoms. The quantitative estimate of drug-likeness (QED) is 0.605. The van der Waals surface area contributed by atoms with E-state index in [4.69, 9.17) is 0 Å². The summed E-state index contributed by atoms with van der Waals surface area (Å²) >= 11 is 0. The van der Waals surface area contributed by atoms with Gasteiger partial charge in [0.15, 0.2) is 0 Å². The monoisotopic (exact) mass is 186 g/mol. The number of aliphatic hydroxyl groups excluding tert-OH is 2. The maximum atomic E-state index is 9.95. The molecule has 0 aromatic rings. The summed E-state index contributed by atoms with van der Waals surface area (Å²) in [7, 11) is 0. The van der Waals surface area contributed by atoms with E-state index in [2.05, 4.69) is 13.8 Å². The summed E-state index contributed by atoms with van der Waals surface area (Å²) in [5, 5.41) is 19.9. The van der Waals surface area contributed by atoms with E-state index in [0.717, 1.165) is 0 Å². The summed E-state index contributed by atoms with van der Waals surface area (Å²) in [5.74, 6) is 0. The molecule has 2 unspecified atom stereocenters. The van der Waals surface area contributed by atoms with Crippen LogP contribution in [0.15, 0.2) is 0 Å². The van der Waals surface area contributed by atoms with Crippen molar-refractivity contribution >= 4 is 0 Å². The minimum absolute atomic E-state index is 0.0706. The number of aliphatic hydroxyl groups is 2. The Labute approximate surface area is 81.0 Å². The molecular weight excluding hydrogens is 164 g/mol. The molecule has 0 heterocycles. The van der Waals surface area contributed by atoms with Crippen molar-refractivity contribution in [2.45, 2.75) is 53.8 Å². The largest absolute Gasteiger partial charge is 0.390 e. The molecule has 1 saturated carbocycles. The van der Waals surface area contributed by atoms with E-state index in [-0.39, 0.29) is 16.2 Å². The standard InChI is InChI=1S/C11H22O2/c1-9(2)7(12)8(13)10(3,4)11(9,5)6/h7-8,12-13H,1-6H3. The zero-order chi connectivity index (χ0) is 10.7. The van der Waals surface area contributed by atoms with Crippen LogP contribution in [0.3, 0.4) is 0 Å². The number of rotatable bonds is 0. The lowest BCUT2D eigenvalue weighted by atomic mass is 9.61. The van der Waals surface area contributed by atoms with Gasteiger partial charge in [-0.25, -0.2) is 0 Å². The summed E-state index contributed by atoms with van der Waals surface area (Å²) in [6.45, 7) is 12.3. The normalized spacial score (nSPS) is 40.6. The fourth-order valence-corrected chi connectivity index (χ4v) is 2.36. The van der Waals surface area contributed by atoms with Crippen molar-refractivity contribution < 1.29 is 10.2 Å². The van der Waals surface area contributed by atoms with E-state index in [1.807, 2.05) is 27.7 Å². The number of hydrogen-bond donors (Lipinski definition) is 2. The van der Waals surface area contributed by atoms with Crippen molar-refractivity contribution in [3.05, 3.63) is 0 Å². The van der Waals surface area contributed by atoms with Crippen molar-refractivity contribution in [3.63, 3.8) is 0 Å². The first-order valence-corrected chi connectivity index (χ1v) is 4.93. The van der Waals surface area contributed by atoms with Crippen molar-refractivity contribution in [1.29, 1.82) is 0 Å². The molecule has 78 valence electrons. The summed E-state index contributed by atoms with van der Waals surface area (Å²) < 4.78 is 0. The van der Waals surface area contributed by atoms with Crippen LogP contribution in [-0.2, 0) is 0 Å². The van der Waals surface area contributed by atoms with Gasteiger partial charge in [-0.3, -0.25) is 0 Å². The maximum absolute atomic E-state index is 9.95. The first kappa shape index (κ1) is 11.0. The van der Waals surface area contributed by atoms with Crippen LogP contribution in [0, 0.1) is 16.2 Å². The molecule has 1 aliphatic rings. The molecule has 2 nitrogen and oxygen atoms in total. The molecular formula is C11H22O2. The molecule has 0 radical (unpaired) electrons. The zero-order valence-corrected chi connectivity index (χ0v) is 9.55. The SMILES string of the molecule is CC1(C)C(O)C(O)C(C)(C)C1(C)C. The average molecular weight is 186 g/mol. The van der Waals surface area contributed by atoms with Gasteiger partial charge in [0.05, 0.1) is 12.2 Å². The highest BCUT2D eigenvalue weighted by molar-refractivity contribution is 5.12. The van der Waals surface area contributed by atoms with Crippen molar-refractivity contribution in [3.8, 4) is 0 Å². The highest BCUT2D eigenvalue weighted by atomic mass is 16.3. The van der Waals surface area contributed by atoms with Crippen LogP contribution >= 0.6 is 0 Å². The van der Waals surface area contributed by atoms with Gasteiger partial charge >= 0.3 is 0 Å². The minimum Gasteiger partial charge on any atom is -0.390 e. The fraction of sp³-hybridized carbons (Fsp3) is 1.00. The third-order valence-corrected chi connectivity index (χ3v) is 5.00. The lowest BCUT2D eigenvalue weighted by molar-refractivity contribution is -0.0320. The summed E-state index contributed by atoms with van der Waals surface area (Å²) in [6.07, 6.45) is -1.25. The van der Waals surface area contributed by atoms with Gasteiger partial charge in [0.25, 0.3) is 0 Å². The van der Waals surface area contributed by atoms with Crippen LogP contribution in [-0.4, -0.2) is 22.4 Å². The molecule has 0 aromatic carbocycles. The van der Waals surface area contributed by atoms with E-state index in [0.29, 0.717) is 0 Å². The molecule has 2 heteroatoms. The molecule has 0 saturated heterocycles. The minimum atomic E-state index is -0.627. The molecule has 1 rings (SSSR count). The van der Waals surface area contributed by atoms with Gasteiger partial charge in [0.2, 0.25) is 0 Å². The van der Waals surface area contributed by atoms with E-state index in [1.165, 1.54) is 0 Å². The Bertz CT molecular complexity index is 194. The maximum Gasteiger partial charge on any atom is 0.0860 e. The van der Waals surface area contributed by atoms with Gasteiger partial charge in [-0.15, -0.1) is 0 Å². The Morgan fingerprint density at radius 2 is 0.923 bits per heavy atom.